The Kier molecular flexibility index (Phi) is 6.49. The second kappa shape index (κ2) is 9.71. The molecule has 3 aromatic carbocycles. The van der Waals surface area contributed by atoms with E-state index < -0.39 is 5.91 Å². The zero-order valence-electron chi connectivity index (χ0n) is 17.7. The summed E-state index contributed by atoms with van der Waals surface area (Å²) >= 11 is 23.7. The second-order valence-corrected chi connectivity index (χ2v) is 9.13. The summed E-state index contributed by atoms with van der Waals surface area (Å²) in [5, 5.41) is 6.87. The first-order valence-electron chi connectivity index (χ1n) is 10.3. The van der Waals surface area contributed by atoms with E-state index in [9.17, 15) is 4.79 Å². The molecule has 0 spiro atoms. The van der Waals surface area contributed by atoms with Crippen LogP contribution in [0.2, 0.25) is 15.1 Å². The zero-order valence-corrected chi connectivity index (χ0v) is 20.8. The molecule has 0 atom stereocenters. The van der Waals surface area contributed by atoms with E-state index in [2.05, 4.69) is 20.6 Å². The molecule has 1 amide bonds. The summed E-state index contributed by atoms with van der Waals surface area (Å²) in [6.45, 7) is 0. The van der Waals surface area contributed by atoms with Gasteiger partial charge in [-0.2, -0.15) is 0 Å². The third-order valence-corrected chi connectivity index (χ3v) is 6.41. The van der Waals surface area contributed by atoms with Crippen molar-refractivity contribution in [2.24, 2.45) is 0 Å². The molecule has 3 N–H and O–H groups in total. The summed E-state index contributed by atoms with van der Waals surface area (Å²) in [4.78, 5) is 20.5. The van der Waals surface area contributed by atoms with Crippen LogP contribution in [0.3, 0.4) is 0 Å². The zero-order chi connectivity index (χ0) is 24.5. The predicted octanol–water partition coefficient (Wildman–Crippen LogP) is 7.58. The number of nitrogens with zero attached hydrogens (tertiary/aromatic N) is 1. The topological polar surface area (TPSA) is 83.0 Å². The molecule has 5 aromatic rings. The minimum atomic E-state index is -0.515. The molecule has 0 aliphatic carbocycles. The number of imidazole rings is 1. The van der Waals surface area contributed by atoms with Crippen molar-refractivity contribution >= 4 is 74.8 Å². The number of fused-ring (bicyclic) bond motifs is 1. The maximum atomic E-state index is 12.7. The van der Waals surface area contributed by atoms with Crippen molar-refractivity contribution in [1.82, 2.24) is 15.3 Å². The summed E-state index contributed by atoms with van der Waals surface area (Å²) in [5.41, 5.74) is 3.79. The molecule has 6 nitrogen and oxygen atoms in total. The lowest BCUT2D eigenvalue weighted by Crippen LogP contribution is -2.34. The van der Waals surface area contributed by atoms with E-state index in [-0.39, 0.29) is 10.9 Å². The van der Waals surface area contributed by atoms with Crippen LogP contribution in [0.4, 0.5) is 5.69 Å². The minimum absolute atomic E-state index is 0.0612. The van der Waals surface area contributed by atoms with Gasteiger partial charge in [0.15, 0.2) is 10.9 Å². The Bertz CT molecular complexity index is 1560. The van der Waals surface area contributed by atoms with Crippen LogP contribution >= 0.6 is 47.0 Å². The van der Waals surface area contributed by atoms with Gasteiger partial charge in [-0.1, -0.05) is 46.9 Å². The molecular weight excluding hydrogens is 527 g/mol. The molecule has 0 aliphatic heterocycles. The maximum absolute atomic E-state index is 12.7. The number of nitrogens with one attached hydrogen (secondary N) is 3. The molecule has 0 fully saturated rings. The first-order valence-corrected chi connectivity index (χ1v) is 11.8. The number of carbonyl (C=O) groups excluding carboxylic acids is 1. The highest BCUT2D eigenvalue weighted by Crippen LogP contribution is 2.30. The van der Waals surface area contributed by atoms with Gasteiger partial charge in [0.25, 0.3) is 5.91 Å². The summed E-state index contributed by atoms with van der Waals surface area (Å²) < 4.78 is 5.67. The van der Waals surface area contributed by atoms with Gasteiger partial charge >= 0.3 is 0 Å². The summed E-state index contributed by atoms with van der Waals surface area (Å²) in [6.07, 6.45) is 0. The van der Waals surface area contributed by atoms with E-state index in [1.54, 1.807) is 42.5 Å². The van der Waals surface area contributed by atoms with E-state index >= 15 is 0 Å². The summed E-state index contributed by atoms with van der Waals surface area (Å²) in [6, 6.07) is 21.4. The van der Waals surface area contributed by atoms with E-state index in [0.29, 0.717) is 37.9 Å². The van der Waals surface area contributed by atoms with Crippen molar-refractivity contribution in [3.8, 4) is 22.7 Å². The quantitative estimate of drug-likeness (QED) is 0.204. The number of anilines is 1. The van der Waals surface area contributed by atoms with Crippen LogP contribution in [0.25, 0.3) is 33.7 Å². The number of aromatic amines is 1. The average molecular weight is 542 g/mol. The number of para-hydroxylation sites is 2. The smallest absolute Gasteiger partial charge is 0.293 e. The minimum Gasteiger partial charge on any atom is -0.451 e. The van der Waals surface area contributed by atoms with Crippen molar-refractivity contribution in [3.63, 3.8) is 0 Å². The second-order valence-electron chi connectivity index (χ2n) is 7.50. The van der Waals surface area contributed by atoms with Crippen LogP contribution in [0.15, 0.2) is 77.2 Å². The molecule has 5 rings (SSSR count). The van der Waals surface area contributed by atoms with Crippen LogP contribution in [0, 0.1) is 0 Å². The van der Waals surface area contributed by atoms with Crippen molar-refractivity contribution in [3.05, 3.63) is 93.6 Å². The van der Waals surface area contributed by atoms with E-state index in [1.165, 1.54) is 0 Å². The van der Waals surface area contributed by atoms with E-state index in [1.807, 2.05) is 30.3 Å². The first-order chi connectivity index (χ1) is 16.9. The molecule has 0 saturated heterocycles. The number of hydrogen-bond donors (Lipinski definition) is 3. The third-order valence-electron chi connectivity index (χ3n) is 5.14. The molecule has 0 saturated carbocycles. The van der Waals surface area contributed by atoms with Gasteiger partial charge in [0.05, 0.1) is 31.8 Å². The molecule has 0 radical (unpaired) electrons. The Morgan fingerprint density at radius 3 is 2.46 bits per heavy atom. The van der Waals surface area contributed by atoms with Crippen LogP contribution in [0.1, 0.15) is 10.6 Å². The van der Waals surface area contributed by atoms with Gasteiger partial charge in [-0.05, 0) is 72.9 Å². The number of amides is 1. The number of hydrogen-bond acceptors (Lipinski definition) is 4. The Morgan fingerprint density at radius 2 is 1.66 bits per heavy atom. The molecule has 2 heterocycles. The Balaban J connectivity index is 1.29. The fourth-order valence-electron chi connectivity index (χ4n) is 3.44. The highest BCUT2D eigenvalue weighted by molar-refractivity contribution is 7.80. The fraction of sp³-hybridized carbons (Fsp3) is 0. The number of carbonyl (C=O) groups is 1. The molecular formula is C25H15Cl3N4O2S. The first kappa shape index (κ1) is 23.4. The Hall–Kier alpha value is -3.36. The van der Waals surface area contributed by atoms with Crippen LogP contribution in [0.5, 0.6) is 0 Å². The number of furan rings is 1. The largest absolute Gasteiger partial charge is 0.451 e. The monoisotopic (exact) mass is 540 g/mol. The predicted molar refractivity (Wildman–Crippen MR) is 144 cm³/mol. The lowest BCUT2D eigenvalue weighted by molar-refractivity contribution is 0.0951. The van der Waals surface area contributed by atoms with Gasteiger partial charge in [-0.15, -0.1) is 0 Å². The van der Waals surface area contributed by atoms with Crippen LogP contribution in [-0.4, -0.2) is 21.0 Å². The number of aromatic nitrogens is 2. The lowest BCUT2D eigenvalue weighted by atomic mass is 10.2. The van der Waals surface area contributed by atoms with Crippen LogP contribution < -0.4 is 10.6 Å². The fourth-order valence-corrected chi connectivity index (χ4v) is 4.11. The Labute approximate surface area is 220 Å². The summed E-state index contributed by atoms with van der Waals surface area (Å²) in [7, 11) is 0. The number of halogens is 3. The summed E-state index contributed by atoms with van der Waals surface area (Å²) in [5.74, 6) is 0.719. The van der Waals surface area contributed by atoms with Crippen molar-refractivity contribution < 1.29 is 9.21 Å². The van der Waals surface area contributed by atoms with Gasteiger partial charge in [-0.25, -0.2) is 4.98 Å². The molecule has 2 aromatic heterocycles. The molecule has 10 heteroatoms. The van der Waals surface area contributed by atoms with Crippen molar-refractivity contribution in [2.75, 3.05) is 5.32 Å². The number of thiocarbonyl (C=S) groups is 1. The Morgan fingerprint density at radius 1 is 0.886 bits per heavy atom. The van der Waals surface area contributed by atoms with E-state index in [0.717, 1.165) is 16.6 Å². The number of H-pyrrole nitrogens is 1. The standard InChI is InChI=1S/C25H15Cl3N4O2S/c26-15-7-5-13(11-17(15)28)21-9-10-22(34-21)24(33)32-25(35)31-20-12-14(6-8-16(20)27)23-29-18-3-1-2-4-19(18)30-23/h1-12H,(H,29,30)(H2,31,32,33,35). The highest BCUT2D eigenvalue weighted by Gasteiger charge is 2.16. The van der Waals surface area contributed by atoms with Gasteiger partial charge in [-0.3, -0.25) is 10.1 Å². The molecule has 0 unspecified atom stereocenters. The lowest BCUT2D eigenvalue weighted by Gasteiger charge is -2.11. The highest BCUT2D eigenvalue weighted by atomic mass is 35.5. The number of benzene rings is 3. The molecule has 174 valence electrons. The maximum Gasteiger partial charge on any atom is 0.293 e. The molecule has 0 bridgehead atoms. The van der Waals surface area contributed by atoms with Gasteiger partial charge < -0.3 is 14.7 Å². The number of rotatable bonds is 4. The molecule has 35 heavy (non-hydrogen) atoms. The third kappa shape index (κ3) is 5.04. The van der Waals surface area contributed by atoms with Gasteiger partial charge in [0.1, 0.15) is 11.6 Å². The van der Waals surface area contributed by atoms with Crippen molar-refractivity contribution in [2.45, 2.75) is 0 Å². The van der Waals surface area contributed by atoms with Crippen molar-refractivity contribution in [1.29, 1.82) is 0 Å². The van der Waals surface area contributed by atoms with Gasteiger partial charge in [0, 0.05) is 11.1 Å². The van der Waals surface area contributed by atoms with E-state index in [4.69, 9.17) is 51.4 Å². The molecule has 0 aliphatic rings. The van der Waals surface area contributed by atoms with Gasteiger partial charge in [0.2, 0.25) is 0 Å². The van der Waals surface area contributed by atoms with Crippen LogP contribution in [-0.2, 0) is 0 Å². The normalized spacial score (nSPS) is 10.9. The SMILES string of the molecule is O=C(NC(=S)Nc1cc(-c2nc3ccccc3[nH]2)ccc1Cl)c1ccc(-c2ccc(Cl)c(Cl)c2)o1. The average Bonchev–Trinajstić information content (AvgIpc) is 3.50.